The number of hydrogen-bond acceptors (Lipinski definition) is 6. The Kier molecular flexibility index (Phi) is 8.07. The molecule has 0 radical (unpaired) electrons. The van der Waals surface area contributed by atoms with E-state index in [0.717, 1.165) is 37.2 Å². The second kappa shape index (κ2) is 11.0. The molecule has 0 amide bonds. The number of ether oxygens (including phenoxy) is 1. The molecule has 0 bridgehead atoms. The Labute approximate surface area is 179 Å². The molecule has 30 heavy (non-hydrogen) atoms. The monoisotopic (exact) mass is 414 g/mol. The molecule has 0 aliphatic carbocycles. The van der Waals surface area contributed by atoms with Crippen LogP contribution in [0.5, 0.6) is 5.75 Å². The van der Waals surface area contributed by atoms with Crippen molar-refractivity contribution in [3.63, 3.8) is 0 Å². The first kappa shape index (κ1) is 22.1. The SMILES string of the molecule is CN=C(NCCc1nc(C(C)C)no1)NCC(c1ccccc1OC)N1CCCC1. The van der Waals surface area contributed by atoms with Crippen molar-refractivity contribution in [1.29, 1.82) is 0 Å². The van der Waals surface area contributed by atoms with Crippen LogP contribution in [-0.2, 0) is 6.42 Å². The Bertz CT molecular complexity index is 813. The van der Waals surface area contributed by atoms with Crippen LogP contribution in [0.3, 0.4) is 0 Å². The van der Waals surface area contributed by atoms with Gasteiger partial charge in [0.25, 0.3) is 0 Å². The second-order valence-corrected chi connectivity index (χ2v) is 7.83. The lowest BCUT2D eigenvalue weighted by Crippen LogP contribution is -2.43. The first-order valence-corrected chi connectivity index (χ1v) is 10.8. The normalized spacial score (nSPS) is 16.1. The number of methoxy groups -OCH3 is 1. The lowest BCUT2D eigenvalue weighted by Gasteiger charge is -2.30. The Morgan fingerprint density at radius 3 is 2.67 bits per heavy atom. The van der Waals surface area contributed by atoms with Gasteiger partial charge in [0.15, 0.2) is 11.8 Å². The van der Waals surface area contributed by atoms with Crippen LogP contribution >= 0.6 is 0 Å². The summed E-state index contributed by atoms with van der Waals surface area (Å²) < 4.78 is 10.9. The third-order valence-electron chi connectivity index (χ3n) is 5.40. The number of para-hydroxylation sites is 1. The average Bonchev–Trinajstić information content (AvgIpc) is 3.45. The fraction of sp³-hybridized carbons (Fsp3) is 0.591. The largest absolute Gasteiger partial charge is 0.496 e. The van der Waals surface area contributed by atoms with Gasteiger partial charge >= 0.3 is 0 Å². The van der Waals surface area contributed by atoms with E-state index in [-0.39, 0.29) is 12.0 Å². The summed E-state index contributed by atoms with van der Waals surface area (Å²) in [5.74, 6) is 3.35. The molecule has 2 aromatic rings. The fourth-order valence-corrected chi connectivity index (χ4v) is 3.74. The van der Waals surface area contributed by atoms with Gasteiger partial charge in [-0.2, -0.15) is 4.98 Å². The van der Waals surface area contributed by atoms with Gasteiger partial charge in [-0.1, -0.05) is 37.2 Å². The van der Waals surface area contributed by atoms with Crippen molar-refractivity contribution in [2.45, 2.75) is 45.1 Å². The highest BCUT2D eigenvalue weighted by Gasteiger charge is 2.26. The minimum atomic E-state index is 0.228. The van der Waals surface area contributed by atoms with Crippen molar-refractivity contribution in [3.05, 3.63) is 41.5 Å². The summed E-state index contributed by atoms with van der Waals surface area (Å²) in [6.07, 6.45) is 3.13. The summed E-state index contributed by atoms with van der Waals surface area (Å²) in [6.45, 7) is 7.73. The number of aliphatic imine (C=N–C) groups is 1. The van der Waals surface area contributed by atoms with Gasteiger partial charge in [-0.05, 0) is 32.0 Å². The van der Waals surface area contributed by atoms with Crippen molar-refractivity contribution in [1.82, 2.24) is 25.7 Å². The van der Waals surface area contributed by atoms with Gasteiger partial charge in [0.05, 0.1) is 13.2 Å². The van der Waals surface area contributed by atoms with Crippen LogP contribution < -0.4 is 15.4 Å². The quantitative estimate of drug-likeness (QED) is 0.482. The van der Waals surface area contributed by atoms with Crippen LogP contribution in [0.15, 0.2) is 33.8 Å². The average molecular weight is 415 g/mol. The van der Waals surface area contributed by atoms with Gasteiger partial charge in [-0.3, -0.25) is 9.89 Å². The Morgan fingerprint density at radius 1 is 1.23 bits per heavy atom. The standard InChI is InChI=1S/C22H34N6O2/c1-16(2)21-26-20(30-27-21)11-12-24-22(23-3)25-15-18(28-13-7-8-14-28)17-9-5-6-10-19(17)29-4/h5-6,9-10,16,18H,7-8,11-15H2,1-4H3,(H2,23,24,25). The smallest absolute Gasteiger partial charge is 0.228 e. The van der Waals surface area contributed by atoms with E-state index in [2.05, 4.69) is 56.6 Å². The van der Waals surface area contributed by atoms with Gasteiger partial charge < -0.3 is 19.9 Å². The molecule has 0 saturated carbocycles. The van der Waals surface area contributed by atoms with Gasteiger partial charge in [-0.25, -0.2) is 0 Å². The first-order chi connectivity index (χ1) is 14.6. The molecular weight excluding hydrogens is 380 g/mol. The molecule has 8 heteroatoms. The molecule has 2 N–H and O–H groups in total. The number of hydrogen-bond donors (Lipinski definition) is 2. The molecule has 1 aromatic heterocycles. The zero-order valence-electron chi connectivity index (χ0n) is 18.5. The van der Waals surface area contributed by atoms with Crippen LogP contribution in [0.2, 0.25) is 0 Å². The minimum Gasteiger partial charge on any atom is -0.496 e. The van der Waals surface area contributed by atoms with Crippen LogP contribution in [0.1, 0.15) is 55.9 Å². The zero-order valence-corrected chi connectivity index (χ0v) is 18.5. The summed E-state index contributed by atoms with van der Waals surface area (Å²) in [5.41, 5.74) is 1.21. The fourth-order valence-electron chi connectivity index (χ4n) is 3.74. The van der Waals surface area contributed by atoms with E-state index in [1.165, 1.54) is 18.4 Å². The topological polar surface area (TPSA) is 87.8 Å². The van der Waals surface area contributed by atoms with Crippen molar-refractivity contribution < 1.29 is 9.26 Å². The third kappa shape index (κ3) is 5.72. The maximum absolute atomic E-state index is 5.63. The van der Waals surface area contributed by atoms with Gasteiger partial charge in [-0.15, -0.1) is 0 Å². The van der Waals surface area contributed by atoms with Crippen molar-refractivity contribution in [2.24, 2.45) is 4.99 Å². The van der Waals surface area contributed by atoms with Crippen LogP contribution in [-0.4, -0.2) is 61.3 Å². The van der Waals surface area contributed by atoms with Crippen LogP contribution in [0.25, 0.3) is 0 Å². The van der Waals surface area contributed by atoms with Gasteiger partial charge in [0.1, 0.15) is 5.75 Å². The summed E-state index contributed by atoms with van der Waals surface area (Å²) >= 11 is 0. The van der Waals surface area contributed by atoms with Crippen molar-refractivity contribution in [2.75, 3.05) is 40.3 Å². The molecule has 1 unspecified atom stereocenters. The highest BCUT2D eigenvalue weighted by atomic mass is 16.5. The lowest BCUT2D eigenvalue weighted by molar-refractivity contribution is 0.239. The Balaban J connectivity index is 1.57. The van der Waals surface area contributed by atoms with Gasteiger partial charge in [0.2, 0.25) is 5.89 Å². The van der Waals surface area contributed by atoms with E-state index >= 15 is 0 Å². The molecule has 1 fully saturated rings. The number of rotatable bonds is 9. The van der Waals surface area contributed by atoms with E-state index in [0.29, 0.717) is 18.9 Å². The number of nitrogens with zero attached hydrogens (tertiary/aromatic N) is 4. The number of aromatic nitrogens is 2. The maximum atomic E-state index is 5.63. The molecule has 1 aromatic carbocycles. The lowest BCUT2D eigenvalue weighted by atomic mass is 10.0. The highest BCUT2D eigenvalue weighted by molar-refractivity contribution is 5.79. The Morgan fingerprint density at radius 2 is 2.00 bits per heavy atom. The summed E-state index contributed by atoms with van der Waals surface area (Å²) in [6, 6.07) is 8.50. The molecule has 1 aliphatic heterocycles. The number of guanidine groups is 1. The molecule has 164 valence electrons. The molecular formula is C22H34N6O2. The number of benzene rings is 1. The summed E-state index contributed by atoms with van der Waals surface area (Å²) in [5, 5.41) is 10.8. The molecule has 1 atom stereocenters. The maximum Gasteiger partial charge on any atom is 0.228 e. The summed E-state index contributed by atoms with van der Waals surface area (Å²) in [7, 11) is 3.52. The van der Waals surface area contributed by atoms with E-state index in [4.69, 9.17) is 9.26 Å². The van der Waals surface area contributed by atoms with E-state index < -0.39 is 0 Å². The third-order valence-corrected chi connectivity index (χ3v) is 5.40. The molecule has 1 saturated heterocycles. The van der Waals surface area contributed by atoms with Crippen molar-refractivity contribution in [3.8, 4) is 5.75 Å². The number of likely N-dealkylation sites (tertiary alicyclic amines) is 1. The first-order valence-electron chi connectivity index (χ1n) is 10.8. The molecule has 3 rings (SSSR count). The molecule has 2 heterocycles. The van der Waals surface area contributed by atoms with Crippen LogP contribution in [0, 0.1) is 0 Å². The molecule has 0 spiro atoms. The van der Waals surface area contributed by atoms with Crippen molar-refractivity contribution >= 4 is 5.96 Å². The van der Waals surface area contributed by atoms with E-state index in [1.807, 2.05) is 12.1 Å². The number of nitrogens with one attached hydrogen (secondary N) is 2. The van der Waals surface area contributed by atoms with Crippen LogP contribution in [0.4, 0.5) is 0 Å². The van der Waals surface area contributed by atoms with E-state index in [1.54, 1.807) is 14.2 Å². The van der Waals surface area contributed by atoms with Gasteiger partial charge in [0, 0.05) is 38.0 Å². The molecule has 8 nitrogen and oxygen atoms in total. The predicted molar refractivity (Wildman–Crippen MR) is 118 cm³/mol. The highest BCUT2D eigenvalue weighted by Crippen LogP contribution is 2.31. The molecule has 1 aliphatic rings. The summed E-state index contributed by atoms with van der Waals surface area (Å²) in [4.78, 5) is 11.3. The van der Waals surface area contributed by atoms with E-state index in [9.17, 15) is 0 Å². The Hall–Kier alpha value is -2.61. The predicted octanol–water partition coefficient (Wildman–Crippen LogP) is 2.75. The second-order valence-electron chi connectivity index (χ2n) is 7.83. The minimum absolute atomic E-state index is 0.228. The zero-order chi connectivity index (χ0) is 21.3.